The van der Waals surface area contributed by atoms with Crippen molar-refractivity contribution >= 4 is 0 Å². The molecule has 2 nitrogen and oxygen atoms in total. The predicted octanol–water partition coefficient (Wildman–Crippen LogP) is 3.56. The Kier molecular flexibility index (Phi) is 3.83. The molecule has 0 bridgehead atoms. The Labute approximate surface area is 121 Å². The van der Waals surface area contributed by atoms with Gasteiger partial charge in [0.15, 0.2) is 0 Å². The van der Waals surface area contributed by atoms with E-state index in [2.05, 4.69) is 60.7 Å². The first kappa shape index (κ1) is 13.3. The zero-order chi connectivity index (χ0) is 13.9. The van der Waals surface area contributed by atoms with E-state index >= 15 is 0 Å². The molecule has 0 aliphatic carbocycles. The lowest BCUT2D eigenvalue weighted by molar-refractivity contribution is 0.402. The van der Waals surface area contributed by atoms with Crippen LogP contribution in [0.5, 0.6) is 0 Å². The third-order valence-corrected chi connectivity index (χ3v) is 4.43. The molecule has 104 valence electrons. The van der Waals surface area contributed by atoms with E-state index in [0.29, 0.717) is 11.8 Å². The van der Waals surface area contributed by atoms with Crippen LogP contribution in [0.1, 0.15) is 40.5 Å². The van der Waals surface area contributed by atoms with E-state index in [-0.39, 0.29) is 0 Å². The Balaban J connectivity index is 1.98. The summed E-state index contributed by atoms with van der Waals surface area (Å²) in [5.41, 5.74) is 5.57. The number of nitrogens with zero attached hydrogens (tertiary/aromatic N) is 1. The van der Waals surface area contributed by atoms with Crippen LogP contribution in [0.25, 0.3) is 0 Å². The van der Waals surface area contributed by atoms with Crippen LogP contribution in [0, 0.1) is 13.8 Å². The molecular formula is C18H22N2. The van der Waals surface area contributed by atoms with Gasteiger partial charge in [-0.15, -0.1) is 0 Å². The number of hydrogen-bond donors (Lipinski definition) is 1. The number of pyridine rings is 1. The smallest absolute Gasteiger partial charge is 0.0305 e. The van der Waals surface area contributed by atoms with E-state index in [1.54, 1.807) is 0 Å². The van der Waals surface area contributed by atoms with Crippen molar-refractivity contribution in [3.05, 3.63) is 65.0 Å². The molecule has 20 heavy (non-hydrogen) atoms. The Bertz CT molecular complexity index is 591. The normalized spacial score (nSPS) is 22.7. The fraction of sp³-hybridized carbons (Fsp3) is 0.389. The summed E-state index contributed by atoms with van der Waals surface area (Å²) in [6.07, 6.45) is 5.14. The number of rotatable bonds is 2. The highest BCUT2D eigenvalue weighted by molar-refractivity contribution is 5.34. The molecule has 1 aromatic heterocycles. The van der Waals surface area contributed by atoms with E-state index in [9.17, 15) is 0 Å². The van der Waals surface area contributed by atoms with Crippen LogP contribution < -0.4 is 5.32 Å². The molecule has 2 heterocycles. The van der Waals surface area contributed by atoms with Crippen molar-refractivity contribution in [2.24, 2.45) is 0 Å². The molecule has 3 rings (SSSR count). The van der Waals surface area contributed by atoms with Gasteiger partial charge in [-0.3, -0.25) is 4.98 Å². The van der Waals surface area contributed by atoms with E-state index < -0.39 is 0 Å². The van der Waals surface area contributed by atoms with Crippen molar-refractivity contribution in [2.75, 3.05) is 13.1 Å². The maximum atomic E-state index is 4.35. The van der Waals surface area contributed by atoms with Gasteiger partial charge in [0.25, 0.3) is 0 Å². The van der Waals surface area contributed by atoms with Crippen LogP contribution in [0.2, 0.25) is 0 Å². The SMILES string of the molecule is Cc1cccc(C2CNCCC2c2cnccc2C)c1. The van der Waals surface area contributed by atoms with Gasteiger partial charge in [0.1, 0.15) is 0 Å². The summed E-state index contributed by atoms with van der Waals surface area (Å²) >= 11 is 0. The molecule has 2 atom stereocenters. The van der Waals surface area contributed by atoms with Crippen molar-refractivity contribution in [1.29, 1.82) is 0 Å². The molecule has 1 fully saturated rings. The van der Waals surface area contributed by atoms with Crippen molar-refractivity contribution in [3.63, 3.8) is 0 Å². The number of nitrogens with one attached hydrogen (secondary N) is 1. The van der Waals surface area contributed by atoms with E-state index in [1.165, 1.54) is 28.7 Å². The van der Waals surface area contributed by atoms with Crippen molar-refractivity contribution in [1.82, 2.24) is 10.3 Å². The van der Waals surface area contributed by atoms with Gasteiger partial charge in [0.05, 0.1) is 0 Å². The first-order chi connectivity index (χ1) is 9.75. The lowest BCUT2D eigenvalue weighted by atomic mass is 9.76. The highest BCUT2D eigenvalue weighted by atomic mass is 14.9. The summed E-state index contributed by atoms with van der Waals surface area (Å²) in [5.74, 6) is 1.12. The van der Waals surface area contributed by atoms with Crippen LogP contribution in [0.15, 0.2) is 42.7 Å². The fourth-order valence-electron chi connectivity index (χ4n) is 3.35. The first-order valence-corrected chi connectivity index (χ1v) is 7.43. The van der Waals surface area contributed by atoms with Crippen LogP contribution in [-0.2, 0) is 0 Å². The molecule has 0 amide bonds. The van der Waals surface area contributed by atoms with Gasteiger partial charge in [0.2, 0.25) is 0 Å². The molecule has 0 radical (unpaired) electrons. The van der Waals surface area contributed by atoms with Crippen LogP contribution in [0.3, 0.4) is 0 Å². The summed E-state index contributed by atoms with van der Waals surface area (Å²) in [7, 11) is 0. The second kappa shape index (κ2) is 5.76. The highest BCUT2D eigenvalue weighted by Gasteiger charge is 2.28. The third kappa shape index (κ3) is 2.61. The van der Waals surface area contributed by atoms with Gasteiger partial charge in [-0.25, -0.2) is 0 Å². The monoisotopic (exact) mass is 266 g/mol. The largest absolute Gasteiger partial charge is 0.316 e. The van der Waals surface area contributed by atoms with Crippen molar-refractivity contribution < 1.29 is 0 Å². The summed E-state index contributed by atoms with van der Waals surface area (Å²) in [5, 5.41) is 3.55. The summed E-state index contributed by atoms with van der Waals surface area (Å²) in [6, 6.07) is 11.1. The maximum Gasteiger partial charge on any atom is 0.0305 e. The van der Waals surface area contributed by atoms with E-state index in [4.69, 9.17) is 0 Å². The molecule has 0 spiro atoms. The van der Waals surface area contributed by atoms with Crippen LogP contribution >= 0.6 is 0 Å². The average Bonchev–Trinajstić information content (AvgIpc) is 2.48. The third-order valence-electron chi connectivity index (χ3n) is 4.43. The second-order valence-corrected chi connectivity index (χ2v) is 5.85. The first-order valence-electron chi connectivity index (χ1n) is 7.43. The molecule has 1 aromatic carbocycles. The molecule has 2 heteroatoms. The number of aryl methyl sites for hydroxylation is 2. The van der Waals surface area contributed by atoms with Crippen molar-refractivity contribution in [2.45, 2.75) is 32.1 Å². The zero-order valence-electron chi connectivity index (χ0n) is 12.3. The Morgan fingerprint density at radius 3 is 2.85 bits per heavy atom. The van der Waals surface area contributed by atoms with Gasteiger partial charge in [-0.1, -0.05) is 29.8 Å². The maximum absolute atomic E-state index is 4.35. The standard InChI is InChI=1S/C18H22N2/c1-13-4-3-5-15(10-13)18-12-20-9-7-16(18)17-11-19-8-6-14(17)2/h3-6,8,10-11,16,18,20H,7,9,12H2,1-2H3. The van der Waals surface area contributed by atoms with Gasteiger partial charge < -0.3 is 5.32 Å². The van der Waals surface area contributed by atoms with Gasteiger partial charge >= 0.3 is 0 Å². The Morgan fingerprint density at radius 1 is 1.15 bits per heavy atom. The topological polar surface area (TPSA) is 24.9 Å². The number of benzene rings is 1. The quantitative estimate of drug-likeness (QED) is 0.899. The van der Waals surface area contributed by atoms with Crippen LogP contribution in [-0.4, -0.2) is 18.1 Å². The average molecular weight is 266 g/mol. The number of hydrogen-bond acceptors (Lipinski definition) is 2. The zero-order valence-corrected chi connectivity index (χ0v) is 12.3. The van der Waals surface area contributed by atoms with Crippen molar-refractivity contribution in [3.8, 4) is 0 Å². The van der Waals surface area contributed by atoms with Gasteiger partial charge in [-0.2, -0.15) is 0 Å². The minimum Gasteiger partial charge on any atom is -0.316 e. The Hall–Kier alpha value is -1.67. The van der Waals surface area contributed by atoms with Crippen LogP contribution in [0.4, 0.5) is 0 Å². The summed E-state index contributed by atoms with van der Waals surface area (Å²) in [4.78, 5) is 4.35. The fourth-order valence-corrected chi connectivity index (χ4v) is 3.35. The van der Waals surface area contributed by atoms with Gasteiger partial charge in [0, 0.05) is 24.9 Å². The van der Waals surface area contributed by atoms with E-state index in [0.717, 1.165) is 13.1 Å². The molecule has 2 aromatic rings. The van der Waals surface area contributed by atoms with Gasteiger partial charge in [-0.05, 0) is 55.5 Å². The minimum absolute atomic E-state index is 0.548. The lowest BCUT2D eigenvalue weighted by Crippen LogP contribution is -2.34. The summed E-state index contributed by atoms with van der Waals surface area (Å²) in [6.45, 7) is 6.53. The minimum atomic E-state index is 0.548. The molecule has 1 aliphatic rings. The number of aromatic nitrogens is 1. The Morgan fingerprint density at radius 2 is 2.05 bits per heavy atom. The molecule has 1 saturated heterocycles. The molecule has 2 unspecified atom stereocenters. The molecule has 1 aliphatic heterocycles. The second-order valence-electron chi connectivity index (χ2n) is 5.85. The number of piperidine rings is 1. The predicted molar refractivity (Wildman–Crippen MR) is 83.1 cm³/mol. The highest BCUT2D eigenvalue weighted by Crippen LogP contribution is 2.38. The molecule has 0 saturated carbocycles. The van der Waals surface area contributed by atoms with E-state index in [1.807, 2.05) is 6.20 Å². The lowest BCUT2D eigenvalue weighted by Gasteiger charge is -2.33. The molecule has 1 N–H and O–H groups in total. The molecular weight excluding hydrogens is 244 g/mol. The summed E-state index contributed by atoms with van der Waals surface area (Å²) < 4.78 is 0.